The highest BCUT2D eigenvalue weighted by Gasteiger charge is 2.08. The third-order valence-electron chi connectivity index (χ3n) is 2.42. The number of H-pyrrole nitrogens is 1. The molecule has 0 saturated heterocycles. The minimum Gasteiger partial charge on any atom is -0.305 e. The van der Waals surface area contributed by atoms with Crippen molar-refractivity contribution in [2.75, 3.05) is 0 Å². The standard InChI is InChI=1S/C10H12N4O2/c1-6-4-8(14(3)12-6)7-5-9(15)13(2)10(16)11-7/h4-5H,1-3H3,(H,11,16). The van der Waals surface area contributed by atoms with Gasteiger partial charge in [-0.2, -0.15) is 5.10 Å². The van der Waals surface area contributed by atoms with E-state index in [0.717, 1.165) is 10.3 Å². The second-order valence-electron chi connectivity index (χ2n) is 3.68. The minimum atomic E-state index is -0.429. The zero-order chi connectivity index (χ0) is 11.9. The Morgan fingerprint density at radius 1 is 1.25 bits per heavy atom. The molecule has 0 aromatic carbocycles. The van der Waals surface area contributed by atoms with Gasteiger partial charge in [0.15, 0.2) is 0 Å². The summed E-state index contributed by atoms with van der Waals surface area (Å²) in [5.74, 6) is 0. The first-order valence-electron chi connectivity index (χ1n) is 4.80. The van der Waals surface area contributed by atoms with Crippen molar-refractivity contribution in [1.82, 2.24) is 19.3 Å². The van der Waals surface area contributed by atoms with E-state index >= 15 is 0 Å². The van der Waals surface area contributed by atoms with Gasteiger partial charge in [-0.3, -0.25) is 14.0 Å². The van der Waals surface area contributed by atoms with Crippen LogP contribution in [0.4, 0.5) is 0 Å². The molecule has 0 fully saturated rings. The molecule has 0 aliphatic carbocycles. The van der Waals surface area contributed by atoms with Crippen molar-refractivity contribution in [2.24, 2.45) is 14.1 Å². The van der Waals surface area contributed by atoms with Crippen LogP contribution in [0.5, 0.6) is 0 Å². The SMILES string of the molecule is Cc1cc(-c2cc(=O)n(C)c(=O)[nH]2)n(C)n1. The number of aromatic amines is 1. The van der Waals surface area contributed by atoms with Crippen molar-refractivity contribution in [2.45, 2.75) is 6.92 Å². The van der Waals surface area contributed by atoms with Gasteiger partial charge in [0.05, 0.1) is 17.1 Å². The van der Waals surface area contributed by atoms with Crippen LogP contribution in [-0.4, -0.2) is 19.3 Å². The van der Waals surface area contributed by atoms with Gasteiger partial charge in [0.25, 0.3) is 5.56 Å². The first-order chi connectivity index (χ1) is 7.49. The predicted molar refractivity (Wildman–Crippen MR) is 59.2 cm³/mol. The van der Waals surface area contributed by atoms with Gasteiger partial charge in [-0.25, -0.2) is 4.79 Å². The molecule has 6 heteroatoms. The Hall–Kier alpha value is -2.11. The average Bonchev–Trinajstić information content (AvgIpc) is 2.53. The molecule has 0 spiro atoms. The Kier molecular flexibility index (Phi) is 2.26. The lowest BCUT2D eigenvalue weighted by Crippen LogP contribution is -2.32. The molecule has 0 unspecified atom stereocenters. The number of hydrogen-bond acceptors (Lipinski definition) is 3. The Morgan fingerprint density at radius 3 is 2.44 bits per heavy atom. The number of aromatic nitrogens is 4. The van der Waals surface area contributed by atoms with Crippen LogP contribution in [-0.2, 0) is 14.1 Å². The Labute approximate surface area is 91.2 Å². The molecular formula is C10H12N4O2. The summed E-state index contributed by atoms with van der Waals surface area (Å²) < 4.78 is 2.65. The second kappa shape index (κ2) is 3.48. The van der Waals surface area contributed by atoms with Crippen molar-refractivity contribution in [1.29, 1.82) is 0 Å². The summed E-state index contributed by atoms with van der Waals surface area (Å²) in [5, 5.41) is 4.15. The molecule has 0 aliphatic rings. The molecule has 0 amide bonds. The van der Waals surface area contributed by atoms with Gasteiger partial charge in [-0.1, -0.05) is 0 Å². The average molecular weight is 220 g/mol. The monoisotopic (exact) mass is 220 g/mol. The van der Waals surface area contributed by atoms with Crippen molar-refractivity contribution >= 4 is 0 Å². The normalized spacial score (nSPS) is 10.7. The molecule has 0 aliphatic heterocycles. The van der Waals surface area contributed by atoms with E-state index in [9.17, 15) is 9.59 Å². The number of aryl methyl sites for hydroxylation is 2. The van der Waals surface area contributed by atoms with Crippen LogP contribution in [0.1, 0.15) is 5.69 Å². The molecule has 1 N–H and O–H groups in total. The summed E-state index contributed by atoms with van der Waals surface area (Å²) in [6.07, 6.45) is 0. The van der Waals surface area contributed by atoms with Gasteiger partial charge in [-0.15, -0.1) is 0 Å². The molecule has 84 valence electrons. The van der Waals surface area contributed by atoms with E-state index in [4.69, 9.17) is 0 Å². The maximum Gasteiger partial charge on any atom is 0.328 e. The van der Waals surface area contributed by atoms with E-state index in [0.29, 0.717) is 11.4 Å². The van der Waals surface area contributed by atoms with E-state index in [2.05, 4.69) is 10.1 Å². The molecule has 0 saturated carbocycles. The number of hydrogen-bond donors (Lipinski definition) is 1. The summed E-state index contributed by atoms with van der Waals surface area (Å²) in [6, 6.07) is 3.20. The third kappa shape index (κ3) is 1.58. The van der Waals surface area contributed by atoms with Gasteiger partial charge in [0, 0.05) is 20.2 Å². The first-order valence-corrected chi connectivity index (χ1v) is 4.80. The summed E-state index contributed by atoms with van der Waals surface area (Å²) in [7, 11) is 3.19. The summed E-state index contributed by atoms with van der Waals surface area (Å²) in [4.78, 5) is 25.5. The van der Waals surface area contributed by atoms with Gasteiger partial charge >= 0.3 is 5.69 Å². The van der Waals surface area contributed by atoms with Crippen LogP contribution in [0.15, 0.2) is 21.7 Å². The number of nitrogens with zero attached hydrogens (tertiary/aromatic N) is 3. The Balaban J connectivity index is 2.71. The van der Waals surface area contributed by atoms with Crippen LogP contribution in [0, 0.1) is 6.92 Å². The summed E-state index contributed by atoms with van der Waals surface area (Å²) in [6.45, 7) is 1.85. The van der Waals surface area contributed by atoms with Gasteiger partial charge < -0.3 is 4.98 Å². The fourth-order valence-electron chi connectivity index (χ4n) is 1.56. The van der Waals surface area contributed by atoms with Crippen LogP contribution in [0.2, 0.25) is 0 Å². The lowest BCUT2D eigenvalue weighted by molar-refractivity contribution is 0.748. The summed E-state index contributed by atoms with van der Waals surface area (Å²) in [5.41, 5.74) is 1.27. The van der Waals surface area contributed by atoms with Gasteiger partial charge in [0.1, 0.15) is 0 Å². The lowest BCUT2D eigenvalue weighted by atomic mass is 10.3. The number of nitrogens with one attached hydrogen (secondary N) is 1. The van der Waals surface area contributed by atoms with Crippen molar-refractivity contribution < 1.29 is 0 Å². The van der Waals surface area contributed by atoms with E-state index in [1.54, 1.807) is 11.7 Å². The summed E-state index contributed by atoms with van der Waals surface area (Å²) >= 11 is 0. The molecule has 2 aromatic heterocycles. The van der Waals surface area contributed by atoms with Crippen LogP contribution in [0.25, 0.3) is 11.4 Å². The highest BCUT2D eigenvalue weighted by atomic mass is 16.2. The Morgan fingerprint density at radius 2 is 1.94 bits per heavy atom. The molecule has 0 radical (unpaired) electrons. The predicted octanol–water partition coefficient (Wildman–Crippen LogP) is -0.217. The maximum absolute atomic E-state index is 11.5. The topological polar surface area (TPSA) is 72.7 Å². The zero-order valence-electron chi connectivity index (χ0n) is 9.31. The van der Waals surface area contributed by atoms with Gasteiger partial charge in [-0.05, 0) is 13.0 Å². The lowest BCUT2D eigenvalue weighted by Gasteiger charge is -2.02. The van der Waals surface area contributed by atoms with Crippen LogP contribution >= 0.6 is 0 Å². The van der Waals surface area contributed by atoms with E-state index in [1.807, 2.05) is 13.0 Å². The van der Waals surface area contributed by atoms with Crippen molar-refractivity contribution in [3.05, 3.63) is 38.7 Å². The fourth-order valence-corrected chi connectivity index (χ4v) is 1.56. The molecule has 2 heterocycles. The van der Waals surface area contributed by atoms with Crippen molar-refractivity contribution in [3.63, 3.8) is 0 Å². The molecule has 2 aromatic rings. The molecular weight excluding hydrogens is 208 g/mol. The van der Waals surface area contributed by atoms with E-state index in [-0.39, 0.29) is 5.56 Å². The Bertz CT molecular complexity index is 616. The van der Waals surface area contributed by atoms with Crippen LogP contribution in [0.3, 0.4) is 0 Å². The largest absolute Gasteiger partial charge is 0.328 e. The first kappa shape index (κ1) is 10.4. The highest BCUT2D eigenvalue weighted by Crippen LogP contribution is 2.13. The van der Waals surface area contributed by atoms with Gasteiger partial charge in [0.2, 0.25) is 0 Å². The third-order valence-corrected chi connectivity index (χ3v) is 2.42. The van der Waals surface area contributed by atoms with Crippen LogP contribution < -0.4 is 11.2 Å². The second-order valence-corrected chi connectivity index (χ2v) is 3.68. The molecule has 6 nitrogen and oxygen atoms in total. The molecule has 0 bridgehead atoms. The quantitative estimate of drug-likeness (QED) is 0.722. The smallest absolute Gasteiger partial charge is 0.305 e. The number of rotatable bonds is 1. The molecule has 0 atom stereocenters. The fraction of sp³-hybridized carbons (Fsp3) is 0.300. The maximum atomic E-state index is 11.5. The molecule has 2 rings (SSSR count). The zero-order valence-corrected chi connectivity index (χ0v) is 9.31. The highest BCUT2D eigenvalue weighted by molar-refractivity contribution is 5.54. The molecule has 16 heavy (non-hydrogen) atoms. The van der Waals surface area contributed by atoms with Crippen molar-refractivity contribution in [3.8, 4) is 11.4 Å². The van der Waals surface area contributed by atoms with E-state index in [1.165, 1.54) is 13.1 Å². The minimum absolute atomic E-state index is 0.336. The van der Waals surface area contributed by atoms with E-state index < -0.39 is 5.69 Å².